The summed E-state index contributed by atoms with van der Waals surface area (Å²) in [6.45, 7) is 0.444. The van der Waals surface area contributed by atoms with Gasteiger partial charge < -0.3 is 15.4 Å². The smallest absolute Gasteiger partial charge is 0.280 e. The molecule has 0 atom stereocenters. The van der Waals surface area contributed by atoms with Gasteiger partial charge in [0.1, 0.15) is 5.75 Å². The van der Waals surface area contributed by atoms with Crippen molar-refractivity contribution in [2.45, 2.75) is 25.4 Å². The number of rotatable bonds is 5. The van der Waals surface area contributed by atoms with E-state index in [1.54, 1.807) is 12.0 Å². The number of carbonyl (C=O) groups excluding carboxylic acids is 1. The lowest BCUT2D eigenvalue weighted by Crippen LogP contribution is -2.33. The number of nitrogens with two attached hydrogens (primary N) is 1. The summed E-state index contributed by atoms with van der Waals surface area (Å²) in [5.41, 5.74) is 6.62. The van der Waals surface area contributed by atoms with E-state index in [1.165, 1.54) is 0 Å². The Bertz CT molecular complexity index is 651. The van der Waals surface area contributed by atoms with Gasteiger partial charge in [0, 0.05) is 18.2 Å². The van der Waals surface area contributed by atoms with Crippen molar-refractivity contribution in [3.05, 3.63) is 35.5 Å². The van der Waals surface area contributed by atoms with E-state index in [9.17, 15) is 4.79 Å². The average molecular weight is 288 g/mol. The molecule has 1 aromatic heterocycles. The fourth-order valence-corrected chi connectivity index (χ4v) is 2.25. The van der Waals surface area contributed by atoms with E-state index in [0.717, 1.165) is 24.2 Å². The number of methoxy groups -OCH3 is 1. The van der Waals surface area contributed by atoms with Crippen molar-refractivity contribution >= 4 is 11.7 Å². The molecule has 1 aliphatic carbocycles. The Labute approximate surface area is 121 Å². The fourth-order valence-electron chi connectivity index (χ4n) is 2.25. The highest BCUT2D eigenvalue weighted by molar-refractivity contribution is 5.96. The molecule has 21 heavy (non-hydrogen) atoms. The van der Waals surface area contributed by atoms with Crippen LogP contribution >= 0.6 is 0 Å². The normalized spacial score (nSPS) is 14.0. The molecule has 0 bridgehead atoms. The highest BCUT2D eigenvalue weighted by atomic mass is 16.6. The van der Waals surface area contributed by atoms with Crippen LogP contribution < -0.4 is 10.5 Å². The third kappa shape index (κ3) is 2.67. The molecule has 1 aliphatic rings. The van der Waals surface area contributed by atoms with Crippen molar-refractivity contribution in [2.75, 3.05) is 12.8 Å². The van der Waals surface area contributed by atoms with Crippen LogP contribution in [0.25, 0.3) is 0 Å². The van der Waals surface area contributed by atoms with Crippen LogP contribution in [0.15, 0.2) is 28.9 Å². The van der Waals surface area contributed by atoms with Gasteiger partial charge in [-0.15, -0.1) is 0 Å². The molecule has 2 N–H and O–H groups in total. The van der Waals surface area contributed by atoms with Gasteiger partial charge >= 0.3 is 0 Å². The predicted octanol–water partition coefficient (Wildman–Crippen LogP) is 1.47. The van der Waals surface area contributed by atoms with Crippen LogP contribution in [0.1, 0.15) is 28.9 Å². The van der Waals surface area contributed by atoms with E-state index >= 15 is 0 Å². The van der Waals surface area contributed by atoms with Crippen molar-refractivity contribution in [1.29, 1.82) is 0 Å². The molecule has 0 aliphatic heterocycles. The minimum atomic E-state index is -0.262. The van der Waals surface area contributed by atoms with E-state index in [2.05, 4.69) is 14.9 Å². The number of hydrogen-bond donors (Lipinski definition) is 1. The zero-order valence-electron chi connectivity index (χ0n) is 11.7. The molecule has 1 aromatic carbocycles. The summed E-state index contributed by atoms with van der Waals surface area (Å²) in [7, 11) is 1.61. The molecular formula is C14H16N4O3. The third-order valence-electron chi connectivity index (χ3n) is 3.50. The number of benzene rings is 1. The van der Waals surface area contributed by atoms with Crippen molar-refractivity contribution in [2.24, 2.45) is 0 Å². The zero-order chi connectivity index (χ0) is 14.8. The first-order chi connectivity index (χ1) is 10.2. The van der Waals surface area contributed by atoms with Gasteiger partial charge in [-0.05, 0) is 29.2 Å². The van der Waals surface area contributed by atoms with Crippen molar-refractivity contribution < 1.29 is 14.2 Å². The summed E-state index contributed by atoms with van der Waals surface area (Å²) in [4.78, 5) is 14.3. The van der Waals surface area contributed by atoms with Crippen LogP contribution in [0.5, 0.6) is 5.75 Å². The summed E-state index contributed by atoms with van der Waals surface area (Å²) >= 11 is 0. The van der Waals surface area contributed by atoms with Gasteiger partial charge in [0.2, 0.25) is 11.5 Å². The minimum Gasteiger partial charge on any atom is -0.496 e. The van der Waals surface area contributed by atoms with Crippen LogP contribution in [-0.2, 0) is 6.54 Å². The number of para-hydroxylation sites is 1. The molecule has 0 radical (unpaired) electrons. The average Bonchev–Trinajstić information content (AvgIpc) is 3.25. The minimum absolute atomic E-state index is 0.0191. The summed E-state index contributed by atoms with van der Waals surface area (Å²) < 4.78 is 9.85. The second-order valence-electron chi connectivity index (χ2n) is 4.97. The number of hydrogen-bond acceptors (Lipinski definition) is 6. The largest absolute Gasteiger partial charge is 0.496 e. The highest BCUT2D eigenvalue weighted by Gasteiger charge is 2.35. The Morgan fingerprint density at radius 3 is 2.81 bits per heavy atom. The molecule has 0 saturated heterocycles. The lowest BCUT2D eigenvalue weighted by molar-refractivity contribution is 0.0718. The first-order valence-corrected chi connectivity index (χ1v) is 6.71. The number of ether oxygens (including phenoxy) is 1. The zero-order valence-corrected chi connectivity index (χ0v) is 11.7. The van der Waals surface area contributed by atoms with Crippen molar-refractivity contribution in [1.82, 2.24) is 15.2 Å². The molecule has 1 fully saturated rings. The third-order valence-corrected chi connectivity index (χ3v) is 3.50. The summed E-state index contributed by atoms with van der Waals surface area (Å²) in [5.74, 6) is 0.509. The van der Waals surface area contributed by atoms with Gasteiger partial charge in [-0.2, -0.15) is 0 Å². The van der Waals surface area contributed by atoms with Gasteiger partial charge in [-0.25, -0.2) is 4.63 Å². The summed E-state index contributed by atoms with van der Waals surface area (Å²) in [6.07, 6.45) is 1.96. The van der Waals surface area contributed by atoms with E-state index in [0.29, 0.717) is 6.54 Å². The molecule has 1 saturated carbocycles. The molecule has 3 rings (SSSR count). The Balaban J connectivity index is 1.86. The summed E-state index contributed by atoms with van der Waals surface area (Å²) in [6, 6.07) is 7.83. The molecule has 110 valence electrons. The Hall–Kier alpha value is -2.57. The standard InChI is InChI=1S/C14H16N4O3/c1-20-11-5-3-2-4-9(11)8-18(10-6-7-10)14(19)12-13(15)17-21-16-12/h2-5,10H,6-8H2,1H3,(H2,15,17). The van der Waals surface area contributed by atoms with E-state index in [-0.39, 0.29) is 23.5 Å². The predicted molar refractivity (Wildman–Crippen MR) is 74.6 cm³/mol. The van der Waals surface area contributed by atoms with Crippen LogP contribution in [0.3, 0.4) is 0 Å². The van der Waals surface area contributed by atoms with Gasteiger partial charge in [0.15, 0.2) is 0 Å². The number of aromatic nitrogens is 2. The quantitative estimate of drug-likeness (QED) is 0.895. The lowest BCUT2D eigenvalue weighted by Gasteiger charge is -2.22. The van der Waals surface area contributed by atoms with Gasteiger partial charge in [-0.1, -0.05) is 18.2 Å². The number of carbonyl (C=O) groups is 1. The molecule has 1 heterocycles. The lowest BCUT2D eigenvalue weighted by atomic mass is 10.1. The summed E-state index contributed by atoms with van der Waals surface area (Å²) in [5, 5.41) is 7.06. The van der Waals surface area contributed by atoms with Crippen LogP contribution in [0, 0.1) is 0 Å². The maximum Gasteiger partial charge on any atom is 0.280 e. The molecule has 1 amide bonds. The second kappa shape index (κ2) is 5.43. The highest BCUT2D eigenvalue weighted by Crippen LogP contribution is 2.31. The topological polar surface area (TPSA) is 94.5 Å². The van der Waals surface area contributed by atoms with E-state index in [4.69, 9.17) is 10.5 Å². The molecule has 7 heteroatoms. The van der Waals surface area contributed by atoms with Crippen LogP contribution in [0.2, 0.25) is 0 Å². The maximum atomic E-state index is 12.6. The van der Waals surface area contributed by atoms with Crippen molar-refractivity contribution in [3.8, 4) is 5.75 Å². The van der Waals surface area contributed by atoms with Gasteiger partial charge in [0.25, 0.3) is 5.91 Å². The molecular weight excluding hydrogens is 272 g/mol. The number of amides is 1. The second-order valence-corrected chi connectivity index (χ2v) is 4.97. The van der Waals surface area contributed by atoms with E-state index < -0.39 is 0 Å². The fraction of sp³-hybridized carbons (Fsp3) is 0.357. The van der Waals surface area contributed by atoms with E-state index in [1.807, 2.05) is 24.3 Å². The molecule has 0 unspecified atom stereocenters. The SMILES string of the molecule is COc1ccccc1CN(C(=O)c1nonc1N)C1CC1. The number of nitrogens with zero attached hydrogens (tertiary/aromatic N) is 3. The Morgan fingerprint density at radius 2 is 2.19 bits per heavy atom. The van der Waals surface area contributed by atoms with Crippen LogP contribution in [-0.4, -0.2) is 34.3 Å². The number of anilines is 1. The number of nitrogen functional groups attached to an aromatic ring is 1. The van der Waals surface area contributed by atoms with Gasteiger partial charge in [-0.3, -0.25) is 4.79 Å². The molecule has 2 aromatic rings. The Morgan fingerprint density at radius 1 is 1.43 bits per heavy atom. The maximum absolute atomic E-state index is 12.6. The first kappa shape index (κ1) is 13.4. The van der Waals surface area contributed by atoms with Crippen LogP contribution in [0.4, 0.5) is 5.82 Å². The molecule has 7 nitrogen and oxygen atoms in total. The monoisotopic (exact) mass is 288 g/mol. The van der Waals surface area contributed by atoms with Gasteiger partial charge in [0.05, 0.1) is 7.11 Å². The van der Waals surface area contributed by atoms with Crippen molar-refractivity contribution in [3.63, 3.8) is 0 Å². The molecule has 0 spiro atoms. The Kier molecular flexibility index (Phi) is 3.47. The first-order valence-electron chi connectivity index (χ1n) is 6.71.